The Balaban J connectivity index is 2.44. The molecule has 1 aromatic heterocycles. The average Bonchev–Trinajstić information content (AvgIpc) is 2.61. The first-order chi connectivity index (χ1) is 7.99. The molecule has 0 unspecified atom stereocenters. The number of hydrogen-bond acceptors (Lipinski definition) is 2. The van der Waals surface area contributed by atoms with Gasteiger partial charge in [0.15, 0.2) is 0 Å². The minimum Gasteiger partial charge on any atom is -0.288 e. The molecule has 0 radical (unpaired) electrons. The summed E-state index contributed by atoms with van der Waals surface area (Å²) in [5.74, 6) is 0.0579. The van der Waals surface area contributed by atoms with E-state index in [0.717, 1.165) is 20.9 Å². The highest BCUT2D eigenvalue weighted by Gasteiger charge is 2.15. The Morgan fingerprint density at radius 1 is 1.12 bits per heavy atom. The molecule has 3 heteroatoms. The summed E-state index contributed by atoms with van der Waals surface area (Å²) in [7, 11) is 0. The van der Waals surface area contributed by atoms with Crippen LogP contribution in [0.3, 0.4) is 0 Å². The molecule has 0 bridgehead atoms. The van der Waals surface area contributed by atoms with Crippen LogP contribution >= 0.6 is 22.9 Å². The molecule has 0 spiro atoms. The Bertz CT molecular complexity index is 584. The molecule has 17 heavy (non-hydrogen) atoms. The first-order valence-corrected chi connectivity index (χ1v) is 6.56. The van der Waals surface area contributed by atoms with Crippen LogP contribution in [0.25, 0.3) is 0 Å². The Kier molecular flexibility index (Phi) is 3.36. The van der Waals surface area contributed by atoms with Crippen LogP contribution < -0.4 is 0 Å². The van der Waals surface area contributed by atoms with E-state index in [0.29, 0.717) is 10.6 Å². The molecular weight excluding hydrogens is 252 g/mol. The second-order valence-corrected chi connectivity index (χ2v) is 5.83. The smallest absolute Gasteiger partial charge is 0.203 e. The van der Waals surface area contributed by atoms with Gasteiger partial charge in [-0.15, -0.1) is 11.3 Å². The number of benzene rings is 1. The maximum atomic E-state index is 12.3. The second kappa shape index (κ2) is 4.63. The molecular formula is C14H13ClOS. The van der Waals surface area contributed by atoms with E-state index in [4.69, 9.17) is 11.6 Å². The zero-order chi connectivity index (χ0) is 12.6. The molecule has 0 saturated heterocycles. The molecule has 88 valence electrons. The minimum absolute atomic E-state index is 0.0579. The molecule has 0 aliphatic rings. The normalized spacial score (nSPS) is 10.6. The van der Waals surface area contributed by atoms with Crippen LogP contribution in [0.4, 0.5) is 0 Å². The summed E-state index contributed by atoms with van der Waals surface area (Å²) < 4.78 is 0. The predicted octanol–water partition coefficient (Wildman–Crippen LogP) is 4.56. The monoisotopic (exact) mass is 264 g/mol. The lowest BCUT2D eigenvalue weighted by Crippen LogP contribution is -2.00. The van der Waals surface area contributed by atoms with Gasteiger partial charge in [0.05, 0.1) is 4.88 Å². The number of aryl methyl sites for hydroxylation is 3. The first kappa shape index (κ1) is 12.3. The fourth-order valence-corrected chi connectivity index (χ4v) is 2.90. The van der Waals surface area contributed by atoms with E-state index in [1.807, 2.05) is 39.0 Å². The predicted molar refractivity (Wildman–Crippen MR) is 73.4 cm³/mol. The van der Waals surface area contributed by atoms with Gasteiger partial charge >= 0.3 is 0 Å². The molecule has 0 aliphatic heterocycles. The van der Waals surface area contributed by atoms with Gasteiger partial charge in [0.2, 0.25) is 5.78 Å². The summed E-state index contributed by atoms with van der Waals surface area (Å²) in [6.45, 7) is 5.90. The SMILES string of the molecule is Cc1cc(C)c(C(=O)c2ccc(C)c(Cl)c2)s1. The Morgan fingerprint density at radius 3 is 2.35 bits per heavy atom. The fourth-order valence-electron chi connectivity index (χ4n) is 1.73. The number of rotatable bonds is 2. The summed E-state index contributed by atoms with van der Waals surface area (Å²) in [5, 5.41) is 0.641. The highest BCUT2D eigenvalue weighted by atomic mass is 35.5. The van der Waals surface area contributed by atoms with Crippen molar-refractivity contribution in [2.75, 3.05) is 0 Å². The summed E-state index contributed by atoms with van der Waals surface area (Å²) >= 11 is 7.58. The van der Waals surface area contributed by atoms with Crippen molar-refractivity contribution in [2.45, 2.75) is 20.8 Å². The van der Waals surface area contributed by atoms with Crippen LogP contribution in [0, 0.1) is 20.8 Å². The van der Waals surface area contributed by atoms with E-state index in [-0.39, 0.29) is 5.78 Å². The lowest BCUT2D eigenvalue weighted by molar-refractivity contribution is 0.104. The van der Waals surface area contributed by atoms with Crippen molar-refractivity contribution in [1.29, 1.82) is 0 Å². The fraction of sp³-hybridized carbons (Fsp3) is 0.214. The second-order valence-electron chi connectivity index (χ2n) is 4.16. The van der Waals surface area contributed by atoms with Gasteiger partial charge in [-0.05, 0) is 44.0 Å². The van der Waals surface area contributed by atoms with Crippen molar-refractivity contribution in [1.82, 2.24) is 0 Å². The van der Waals surface area contributed by atoms with Gasteiger partial charge in [0, 0.05) is 15.5 Å². The van der Waals surface area contributed by atoms with Crippen molar-refractivity contribution in [2.24, 2.45) is 0 Å². The molecule has 0 amide bonds. The molecule has 0 fully saturated rings. The van der Waals surface area contributed by atoms with Crippen LogP contribution in [0.2, 0.25) is 5.02 Å². The van der Waals surface area contributed by atoms with E-state index in [1.165, 1.54) is 11.3 Å². The van der Waals surface area contributed by atoms with Crippen molar-refractivity contribution >= 4 is 28.7 Å². The Labute approximate surface area is 110 Å². The maximum absolute atomic E-state index is 12.3. The molecule has 0 atom stereocenters. The highest BCUT2D eigenvalue weighted by molar-refractivity contribution is 7.14. The van der Waals surface area contributed by atoms with Crippen molar-refractivity contribution < 1.29 is 4.79 Å². The number of carbonyl (C=O) groups is 1. The van der Waals surface area contributed by atoms with Gasteiger partial charge in [-0.3, -0.25) is 4.79 Å². The van der Waals surface area contributed by atoms with Crippen molar-refractivity contribution in [3.63, 3.8) is 0 Å². The third kappa shape index (κ3) is 2.43. The molecule has 0 saturated carbocycles. The summed E-state index contributed by atoms with van der Waals surface area (Å²) in [6, 6.07) is 7.49. The largest absolute Gasteiger partial charge is 0.288 e. The van der Waals surface area contributed by atoms with Crippen LogP contribution in [0.15, 0.2) is 24.3 Å². The van der Waals surface area contributed by atoms with Crippen molar-refractivity contribution in [3.8, 4) is 0 Å². The summed E-state index contributed by atoms with van der Waals surface area (Å²) in [5.41, 5.74) is 2.68. The molecule has 1 nitrogen and oxygen atoms in total. The van der Waals surface area contributed by atoms with Gasteiger partial charge < -0.3 is 0 Å². The maximum Gasteiger partial charge on any atom is 0.203 e. The number of hydrogen-bond donors (Lipinski definition) is 0. The number of ketones is 1. The first-order valence-electron chi connectivity index (χ1n) is 5.37. The van der Waals surface area contributed by atoms with Gasteiger partial charge in [0.1, 0.15) is 0 Å². The van der Waals surface area contributed by atoms with Crippen LogP contribution in [0.5, 0.6) is 0 Å². The zero-order valence-corrected chi connectivity index (χ0v) is 11.6. The highest BCUT2D eigenvalue weighted by Crippen LogP contribution is 2.25. The van der Waals surface area contributed by atoms with E-state index in [2.05, 4.69) is 0 Å². The lowest BCUT2D eigenvalue weighted by atomic mass is 10.1. The van der Waals surface area contributed by atoms with Crippen LogP contribution in [-0.2, 0) is 0 Å². The van der Waals surface area contributed by atoms with Gasteiger partial charge in [-0.25, -0.2) is 0 Å². The van der Waals surface area contributed by atoms with Crippen LogP contribution in [0.1, 0.15) is 31.2 Å². The number of halogens is 1. The third-order valence-electron chi connectivity index (χ3n) is 2.68. The van der Waals surface area contributed by atoms with E-state index in [1.54, 1.807) is 6.07 Å². The van der Waals surface area contributed by atoms with Gasteiger partial charge in [0.25, 0.3) is 0 Å². The standard InChI is InChI=1S/C14H13ClOS/c1-8-4-5-11(7-12(8)15)13(16)14-9(2)6-10(3)17-14/h4-7H,1-3H3. The molecule has 1 aromatic carbocycles. The number of carbonyl (C=O) groups excluding carboxylic acids is 1. The lowest BCUT2D eigenvalue weighted by Gasteiger charge is -2.02. The molecule has 0 aliphatic carbocycles. The third-order valence-corrected chi connectivity index (χ3v) is 4.24. The minimum atomic E-state index is 0.0579. The van der Waals surface area contributed by atoms with Crippen LogP contribution in [-0.4, -0.2) is 5.78 Å². The van der Waals surface area contributed by atoms with E-state index >= 15 is 0 Å². The van der Waals surface area contributed by atoms with E-state index < -0.39 is 0 Å². The van der Waals surface area contributed by atoms with Crippen molar-refractivity contribution in [3.05, 3.63) is 55.7 Å². The van der Waals surface area contributed by atoms with Gasteiger partial charge in [-0.2, -0.15) is 0 Å². The molecule has 2 rings (SSSR count). The summed E-state index contributed by atoms with van der Waals surface area (Å²) in [6.07, 6.45) is 0. The number of thiophene rings is 1. The molecule has 1 heterocycles. The molecule has 0 N–H and O–H groups in total. The Morgan fingerprint density at radius 2 is 1.82 bits per heavy atom. The topological polar surface area (TPSA) is 17.1 Å². The quantitative estimate of drug-likeness (QED) is 0.727. The van der Waals surface area contributed by atoms with E-state index in [9.17, 15) is 4.79 Å². The summed E-state index contributed by atoms with van der Waals surface area (Å²) in [4.78, 5) is 14.3. The molecule has 2 aromatic rings. The average molecular weight is 265 g/mol. The Hall–Kier alpha value is -1.12. The van der Waals surface area contributed by atoms with Gasteiger partial charge in [-0.1, -0.05) is 23.7 Å². The zero-order valence-electron chi connectivity index (χ0n) is 10.0.